The average Bonchev–Trinajstić information content (AvgIpc) is 3.18. The summed E-state index contributed by atoms with van der Waals surface area (Å²) in [4.78, 5) is 25.2. The monoisotopic (exact) mass is 464 g/mol. The molecule has 0 saturated heterocycles. The Kier molecular flexibility index (Phi) is 6.36. The zero-order valence-corrected chi connectivity index (χ0v) is 18.5. The molecule has 3 aromatic rings. The highest BCUT2D eigenvalue weighted by Gasteiger charge is 2.29. The summed E-state index contributed by atoms with van der Waals surface area (Å²) in [5.41, 5.74) is 2.50. The van der Waals surface area contributed by atoms with Gasteiger partial charge in [-0.15, -0.1) is 0 Å². The van der Waals surface area contributed by atoms with E-state index >= 15 is 0 Å². The Labute approximate surface area is 176 Å². The molecule has 156 valence electrons. The van der Waals surface area contributed by atoms with E-state index in [1.165, 1.54) is 0 Å². The highest BCUT2D eigenvalue weighted by molar-refractivity contribution is 9.10. The van der Waals surface area contributed by atoms with E-state index in [0.717, 1.165) is 12.0 Å². The van der Waals surface area contributed by atoms with Gasteiger partial charge >= 0.3 is 0 Å². The summed E-state index contributed by atoms with van der Waals surface area (Å²) in [6.07, 6.45) is 0.859. The first-order chi connectivity index (χ1) is 13.9. The normalized spacial score (nSPS) is 11.2. The summed E-state index contributed by atoms with van der Waals surface area (Å²) in [6, 6.07) is 3.71. The predicted octanol–water partition coefficient (Wildman–Crippen LogP) is 3.47. The lowest BCUT2D eigenvalue weighted by atomic mass is 9.85. The SMILES string of the molecule is CCCOc1c(Br)cc(C(c2c(C)[nH][nH]c2=O)c2c(C)[nH][nH]c2=O)cc1OCC. The Hall–Kier alpha value is -2.68. The van der Waals surface area contributed by atoms with Gasteiger partial charge in [0.25, 0.3) is 11.1 Å². The highest BCUT2D eigenvalue weighted by Crippen LogP contribution is 2.41. The van der Waals surface area contributed by atoms with Crippen molar-refractivity contribution in [2.75, 3.05) is 13.2 Å². The number of halogens is 1. The second-order valence-corrected chi connectivity index (χ2v) is 7.63. The molecule has 29 heavy (non-hydrogen) atoms. The zero-order valence-electron chi connectivity index (χ0n) is 16.9. The molecule has 0 saturated carbocycles. The van der Waals surface area contributed by atoms with E-state index in [0.29, 0.717) is 51.7 Å². The quantitative estimate of drug-likeness (QED) is 0.408. The molecule has 0 amide bonds. The first-order valence-corrected chi connectivity index (χ1v) is 10.3. The van der Waals surface area contributed by atoms with Crippen LogP contribution in [-0.4, -0.2) is 33.6 Å². The molecule has 2 aromatic heterocycles. The molecule has 1 aromatic carbocycles. The fraction of sp³-hybridized carbons (Fsp3) is 0.400. The highest BCUT2D eigenvalue weighted by atomic mass is 79.9. The Morgan fingerprint density at radius 3 is 1.97 bits per heavy atom. The van der Waals surface area contributed by atoms with Crippen molar-refractivity contribution in [3.63, 3.8) is 0 Å². The minimum absolute atomic E-state index is 0.270. The summed E-state index contributed by atoms with van der Waals surface area (Å²) in [6.45, 7) is 8.52. The van der Waals surface area contributed by atoms with Crippen LogP contribution in [0, 0.1) is 13.8 Å². The van der Waals surface area contributed by atoms with E-state index in [1.54, 1.807) is 13.8 Å². The van der Waals surface area contributed by atoms with Crippen LogP contribution in [0.25, 0.3) is 0 Å². The molecule has 0 unspecified atom stereocenters. The molecule has 0 spiro atoms. The zero-order chi connectivity index (χ0) is 21.1. The largest absolute Gasteiger partial charge is 0.490 e. The fourth-order valence-corrected chi connectivity index (χ4v) is 4.02. The van der Waals surface area contributed by atoms with E-state index in [2.05, 4.69) is 36.3 Å². The smallest absolute Gasteiger partial charge is 0.268 e. The van der Waals surface area contributed by atoms with Crippen molar-refractivity contribution in [2.45, 2.75) is 40.0 Å². The van der Waals surface area contributed by atoms with E-state index in [9.17, 15) is 9.59 Å². The van der Waals surface area contributed by atoms with Gasteiger partial charge in [0.1, 0.15) is 0 Å². The van der Waals surface area contributed by atoms with Crippen molar-refractivity contribution >= 4 is 15.9 Å². The van der Waals surface area contributed by atoms with Gasteiger partial charge in [0, 0.05) is 17.3 Å². The molecule has 0 bridgehead atoms. The predicted molar refractivity (Wildman–Crippen MR) is 114 cm³/mol. The molecular weight excluding hydrogens is 440 g/mol. The number of hydrogen-bond donors (Lipinski definition) is 4. The first kappa shape index (κ1) is 21.0. The lowest BCUT2D eigenvalue weighted by Crippen LogP contribution is -2.20. The number of aromatic amines is 4. The summed E-state index contributed by atoms with van der Waals surface area (Å²) < 4.78 is 12.4. The lowest BCUT2D eigenvalue weighted by molar-refractivity contribution is 0.275. The molecule has 9 heteroatoms. The second-order valence-electron chi connectivity index (χ2n) is 6.78. The third kappa shape index (κ3) is 4.05. The van der Waals surface area contributed by atoms with Crippen molar-refractivity contribution in [3.05, 3.63) is 65.4 Å². The third-order valence-electron chi connectivity index (χ3n) is 4.72. The summed E-state index contributed by atoms with van der Waals surface area (Å²) in [5.74, 6) is 0.580. The van der Waals surface area contributed by atoms with Gasteiger partial charge in [-0.3, -0.25) is 19.8 Å². The molecule has 0 aliphatic heterocycles. The van der Waals surface area contributed by atoms with Gasteiger partial charge in [0.05, 0.1) is 28.8 Å². The molecule has 8 nitrogen and oxygen atoms in total. The van der Waals surface area contributed by atoms with Crippen molar-refractivity contribution in [2.24, 2.45) is 0 Å². The van der Waals surface area contributed by atoms with Gasteiger partial charge in [-0.1, -0.05) is 6.92 Å². The number of hydrogen-bond acceptors (Lipinski definition) is 4. The van der Waals surface area contributed by atoms with Crippen LogP contribution in [0.3, 0.4) is 0 Å². The molecular formula is C20H25BrN4O4. The second kappa shape index (κ2) is 8.77. The van der Waals surface area contributed by atoms with Crippen LogP contribution in [0.15, 0.2) is 26.2 Å². The summed E-state index contributed by atoms with van der Waals surface area (Å²) in [7, 11) is 0. The molecule has 0 radical (unpaired) electrons. The van der Waals surface area contributed by atoms with Gasteiger partial charge in [-0.05, 0) is 60.8 Å². The third-order valence-corrected chi connectivity index (χ3v) is 5.31. The van der Waals surface area contributed by atoms with Crippen LogP contribution in [0.5, 0.6) is 11.5 Å². The summed E-state index contributed by atoms with van der Waals surface area (Å²) in [5, 5.41) is 10.9. The van der Waals surface area contributed by atoms with Crippen LogP contribution < -0.4 is 20.6 Å². The Morgan fingerprint density at radius 1 is 0.931 bits per heavy atom. The summed E-state index contributed by atoms with van der Waals surface area (Å²) >= 11 is 3.57. The molecule has 0 fully saturated rings. The number of nitrogens with one attached hydrogen (secondary N) is 4. The van der Waals surface area contributed by atoms with Gasteiger partial charge in [-0.2, -0.15) is 0 Å². The lowest BCUT2D eigenvalue weighted by Gasteiger charge is -2.20. The van der Waals surface area contributed by atoms with E-state index in [4.69, 9.17) is 9.47 Å². The number of H-pyrrole nitrogens is 4. The van der Waals surface area contributed by atoms with Crippen LogP contribution in [0.4, 0.5) is 0 Å². The van der Waals surface area contributed by atoms with Gasteiger partial charge in [0.15, 0.2) is 11.5 Å². The molecule has 3 rings (SSSR count). The fourth-order valence-electron chi connectivity index (χ4n) is 3.45. The molecule has 0 atom stereocenters. The molecule has 4 N–H and O–H groups in total. The number of benzene rings is 1. The van der Waals surface area contributed by atoms with Crippen LogP contribution in [0.1, 0.15) is 54.3 Å². The minimum atomic E-state index is -0.587. The molecule has 0 aliphatic carbocycles. The molecule has 2 heterocycles. The van der Waals surface area contributed by atoms with Crippen LogP contribution in [0.2, 0.25) is 0 Å². The van der Waals surface area contributed by atoms with Crippen molar-refractivity contribution in [3.8, 4) is 11.5 Å². The van der Waals surface area contributed by atoms with Gasteiger partial charge < -0.3 is 19.7 Å². The number of aryl methyl sites for hydroxylation is 2. The number of rotatable bonds is 8. The first-order valence-electron chi connectivity index (χ1n) is 9.52. The van der Waals surface area contributed by atoms with E-state index < -0.39 is 5.92 Å². The maximum absolute atomic E-state index is 12.6. The maximum Gasteiger partial charge on any atom is 0.268 e. The van der Waals surface area contributed by atoms with Crippen molar-refractivity contribution in [1.29, 1.82) is 0 Å². The maximum atomic E-state index is 12.6. The Bertz CT molecular complexity index is 1050. The number of aromatic nitrogens is 4. The van der Waals surface area contributed by atoms with Gasteiger partial charge in [0.2, 0.25) is 0 Å². The van der Waals surface area contributed by atoms with E-state index in [-0.39, 0.29) is 11.1 Å². The Morgan fingerprint density at radius 2 is 1.52 bits per heavy atom. The van der Waals surface area contributed by atoms with Crippen molar-refractivity contribution < 1.29 is 9.47 Å². The topological polar surface area (TPSA) is 116 Å². The van der Waals surface area contributed by atoms with Crippen molar-refractivity contribution in [1.82, 2.24) is 20.4 Å². The average molecular weight is 465 g/mol. The Balaban J connectivity index is 2.27. The number of ether oxygens (including phenoxy) is 2. The minimum Gasteiger partial charge on any atom is -0.490 e. The van der Waals surface area contributed by atoms with Gasteiger partial charge in [-0.25, -0.2) is 0 Å². The standard InChI is InChI=1S/C20H25BrN4O4/c1-5-7-29-18-13(21)8-12(9-14(18)28-6-2)17(15-10(3)22-24-19(15)26)16-11(4)23-25-20(16)27/h8-9,17H,5-7H2,1-4H3,(H2,22,24,26)(H2,23,25,27). The molecule has 0 aliphatic rings. The van der Waals surface area contributed by atoms with E-state index in [1.807, 2.05) is 26.0 Å². The van der Waals surface area contributed by atoms with Crippen LogP contribution >= 0.6 is 15.9 Å². The van der Waals surface area contributed by atoms with Crippen LogP contribution in [-0.2, 0) is 0 Å².